The van der Waals surface area contributed by atoms with E-state index in [0.717, 1.165) is 6.42 Å². The van der Waals surface area contributed by atoms with Crippen LogP contribution in [0.15, 0.2) is 35.7 Å². The summed E-state index contributed by atoms with van der Waals surface area (Å²) in [7, 11) is 1.82. The maximum absolute atomic E-state index is 12.3. The summed E-state index contributed by atoms with van der Waals surface area (Å²) in [6.45, 7) is 5.96. The Balaban J connectivity index is 1.95. The molecule has 1 aromatic carbocycles. The number of anilines is 1. The maximum atomic E-state index is 12.3. The molecule has 0 aliphatic rings. The number of thioether (sulfide) groups is 1. The molecule has 0 fully saturated rings. The number of hydrogen-bond acceptors (Lipinski definition) is 5. The number of carbonyl (C=O) groups is 2. The molecule has 0 aliphatic heterocycles. The molecule has 0 saturated heterocycles. The van der Waals surface area contributed by atoms with E-state index in [1.165, 1.54) is 11.8 Å². The van der Waals surface area contributed by atoms with Crippen molar-refractivity contribution < 1.29 is 9.59 Å². The Morgan fingerprint density at radius 3 is 2.72 bits per heavy atom. The lowest BCUT2D eigenvalue weighted by Gasteiger charge is -2.24. The van der Waals surface area contributed by atoms with Gasteiger partial charge in [0, 0.05) is 23.8 Å². The monoisotopic (exact) mass is 361 g/mol. The van der Waals surface area contributed by atoms with Crippen molar-refractivity contribution in [1.82, 2.24) is 20.1 Å². The minimum absolute atomic E-state index is 0.156. The zero-order valence-corrected chi connectivity index (χ0v) is 15.7. The Morgan fingerprint density at radius 2 is 2.08 bits per heavy atom. The zero-order valence-electron chi connectivity index (χ0n) is 14.9. The third-order valence-electron chi connectivity index (χ3n) is 3.75. The van der Waals surface area contributed by atoms with Gasteiger partial charge >= 0.3 is 0 Å². The summed E-state index contributed by atoms with van der Waals surface area (Å²) < 4.78 is 1.75. The van der Waals surface area contributed by atoms with Crippen LogP contribution in [0.4, 0.5) is 5.69 Å². The van der Waals surface area contributed by atoms with Crippen LogP contribution in [0.3, 0.4) is 0 Å². The topological polar surface area (TPSA) is 88.9 Å². The van der Waals surface area contributed by atoms with Gasteiger partial charge in [-0.25, -0.2) is 0 Å². The molecule has 8 heteroatoms. The second-order valence-corrected chi connectivity index (χ2v) is 7.28. The lowest BCUT2D eigenvalue weighted by molar-refractivity contribution is -0.113. The van der Waals surface area contributed by atoms with Crippen molar-refractivity contribution in [2.45, 2.75) is 37.9 Å². The number of nitrogens with zero attached hydrogens (tertiary/aromatic N) is 3. The third-order valence-corrected chi connectivity index (χ3v) is 4.78. The molecule has 0 radical (unpaired) electrons. The summed E-state index contributed by atoms with van der Waals surface area (Å²) in [6.07, 6.45) is 2.41. The van der Waals surface area contributed by atoms with Crippen molar-refractivity contribution in [3.8, 4) is 0 Å². The van der Waals surface area contributed by atoms with E-state index in [4.69, 9.17) is 0 Å². The molecule has 0 unspecified atom stereocenters. The van der Waals surface area contributed by atoms with Gasteiger partial charge in [0.25, 0.3) is 5.91 Å². The number of nitrogens with one attached hydrogen (secondary N) is 2. The van der Waals surface area contributed by atoms with Crippen molar-refractivity contribution in [1.29, 1.82) is 0 Å². The van der Waals surface area contributed by atoms with Crippen LogP contribution in [0.1, 0.15) is 37.6 Å². The lowest BCUT2D eigenvalue weighted by atomic mass is 10.0. The van der Waals surface area contributed by atoms with E-state index < -0.39 is 0 Å². The van der Waals surface area contributed by atoms with E-state index in [9.17, 15) is 9.59 Å². The fourth-order valence-electron chi connectivity index (χ4n) is 1.94. The molecule has 0 aliphatic carbocycles. The van der Waals surface area contributed by atoms with Gasteiger partial charge in [-0.15, -0.1) is 10.2 Å². The molecule has 0 spiro atoms. The number of amides is 2. The predicted molar refractivity (Wildman–Crippen MR) is 98.6 cm³/mol. The third kappa shape index (κ3) is 5.60. The summed E-state index contributed by atoms with van der Waals surface area (Å²) in [4.78, 5) is 24.4. The first-order valence-corrected chi connectivity index (χ1v) is 8.98. The number of hydrogen-bond donors (Lipinski definition) is 2. The predicted octanol–water partition coefficient (Wildman–Crippen LogP) is 2.46. The fraction of sp³-hybridized carbons (Fsp3) is 0.412. The van der Waals surface area contributed by atoms with Gasteiger partial charge in [-0.3, -0.25) is 9.59 Å². The van der Waals surface area contributed by atoms with Crippen LogP contribution in [0.5, 0.6) is 0 Å². The van der Waals surface area contributed by atoms with Gasteiger partial charge in [-0.2, -0.15) is 0 Å². The fourth-order valence-corrected chi connectivity index (χ4v) is 2.62. The summed E-state index contributed by atoms with van der Waals surface area (Å²) in [5, 5.41) is 14.1. The van der Waals surface area contributed by atoms with Crippen LogP contribution in [0.25, 0.3) is 0 Å². The smallest absolute Gasteiger partial charge is 0.251 e. The number of rotatable bonds is 7. The Kier molecular flexibility index (Phi) is 6.19. The molecule has 0 atom stereocenters. The van der Waals surface area contributed by atoms with E-state index in [1.54, 1.807) is 35.2 Å². The van der Waals surface area contributed by atoms with Gasteiger partial charge in [0.2, 0.25) is 5.91 Å². The van der Waals surface area contributed by atoms with Crippen molar-refractivity contribution in [2.24, 2.45) is 7.05 Å². The summed E-state index contributed by atoms with van der Waals surface area (Å²) in [5.74, 6) is -0.109. The highest BCUT2D eigenvalue weighted by atomic mass is 32.2. The van der Waals surface area contributed by atoms with Crippen LogP contribution in [-0.2, 0) is 11.8 Å². The second-order valence-electron chi connectivity index (χ2n) is 6.33. The van der Waals surface area contributed by atoms with Gasteiger partial charge < -0.3 is 15.2 Å². The molecule has 0 bridgehead atoms. The first kappa shape index (κ1) is 19.0. The molecule has 2 amide bonds. The van der Waals surface area contributed by atoms with Gasteiger partial charge in [-0.1, -0.05) is 24.8 Å². The molecule has 7 nitrogen and oxygen atoms in total. The number of benzene rings is 1. The van der Waals surface area contributed by atoms with E-state index >= 15 is 0 Å². The highest BCUT2D eigenvalue weighted by Crippen LogP contribution is 2.16. The minimum Gasteiger partial charge on any atom is -0.347 e. The largest absolute Gasteiger partial charge is 0.347 e. The SMILES string of the molecule is CCC(C)(C)NC(=O)c1cccc(NC(=O)CSc2nncn2C)c1. The number of aryl methyl sites for hydroxylation is 1. The molecule has 2 N–H and O–H groups in total. The van der Waals surface area contributed by atoms with Crippen LogP contribution < -0.4 is 10.6 Å². The molecule has 1 heterocycles. The van der Waals surface area contributed by atoms with E-state index in [0.29, 0.717) is 16.4 Å². The van der Waals surface area contributed by atoms with Crippen LogP contribution in [0.2, 0.25) is 0 Å². The van der Waals surface area contributed by atoms with Gasteiger partial charge in [0.05, 0.1) is 5.75 Å². The Morgan fingerprint density at radius 1 is 1.32 bits per heavy atom. The minimum atomic E-state index is -0.275. The van der Waals surface area contributed by atoms with Crippen LogP contribution in [0, 0.1) is 0 Å². The highest BCUT2D eigenvalue weighted by molar-refractivity contribution is 7.99. The van der Waals surface area contributed by atoms with Gasteiger partial charge in [-0.05, 0) is 38.5 Å². The number of aromatic nitrogens is 3. The van der Waals surface area contributed by atoms with E-state index in [-0.39, 0.29) is 23.1 Å². The Hall–Kier alpha value is -2.35. The standard InChI is InChI=1S/C17H23N5O2S/c1-5-17(2,3)20-15(24)12-7-6-8-13(9-12)19-14(23)10-25-16-21-18-11-22(16)4/h6-9,11H,5,10H2,1-4H3,(H,19,23)(H,20,24). The first-order valence-electron chi connectivity index (χ1n) is 8.00. The van der Waals surface area contributed by atoms with Gasteiger partial charge in [0.1, 0.15) is 6.33 Å². The Labute approximate surface area is 151 Å². The van der Waals surface area contributed by atoms with E-state index in [1.807, 2.05) is 27.8 Å². The maximum Gasteiger partial charge on any atom is 0.251 e. The molecular formula is C17H23N5O2S. The Bertz CT molecular complexity index is 757. The van der Waals surface area contributed by atoms with Crippen molar-refractivity contribution in [2.75, 3.05) is 11.1 Å². The summed E-state index contributed by atoms with van der Waals surface area (Å²) in [6, 6.07) is 6.91. The molecular weight excluding hydrogens is 338 g/mol. The van der Waals surface area contributed by atoms with Crippen molar-refractivity contribution in [3.63, 3.8) is 0 Å². The number of carbonyl (C=O) groups excluding carboxylic acids is 2. The molecule has 0 saturated carbocycles. The normalized spacial score (nSPS) is 11.2. The average molecular weight is 361 g/mol. The molecule has 2 rings (SSSR count). The first-order chi connectivity index (χ1) is 11.8. The molecule has 134 valence electrons. The average Bonchev–Trinajstić information content (AvgIpc) is 2.98. The molecule has 25 heavy (non-hydrogen) atoms. The molecule has 2 aromatic rings. The summed E-state index contributed by atoms with van der Waals surface area (Å²) in [5.41, 5.74) is 0.828. The van der Waals surface area contributed by atoms with Crippen molar-refractivity contribution >= 4 is 29.3 Å². The van der Waals surface area contributed by atoms with Crippen molar-refractivity contribution in [3.05, 3.63) is 36.2 Å². The zero-order chi connectivity index (χ0) is 18.4. The second kappa shape index (κ2) is 8.15. The summed E-state index contributed by atoms with van der Waals surface area (Å²) >= 11 is 1.30. The lowest BCUT2D eigenvalue weighted by Crippen LogP contribution is -2.42. The van der Waals surface area contributed by atoms with E-state index in [2.05, 4.69) is 20.8 Å². The van der Waals surface area contributed by atoms with Gasteiger partial charge in [0.15, 0.2) is 5.16 Å². The quantitative estimate of drug-likeness (QED) is 0.740. The van der Waals surface area contributed by atoms with Crippen LogP contribution in [-0.4, -0.2) is 37.9 Å². The highest BCUT2D eigenvalue weighted by Gasteiger charge is 2.19. The van der Waals surface area contributed by atoms with Crippen LogP contribution >= 0.6 is 11.8 Å². The molecule has 1 aromatic heterocycles.